The van der Waals surface area contributed by atoms with Gasteiger partial charge < -0.3 is 10.4 Å². The van der Waals surface area contributed by atoms with Crippen LogP contribution in [0, 0.1) is 0 Å². The Morgan fingerprint density at radius 3 is 2.88 bits per heavy atom. The molecule has 0 radical (unpaired) electrons. The summed E-state index contributed by atoms with van der Waals surface area (Å²) < 4.78 is 0.553. The molecule has 1 aliphatic heterocycles. The van der Waals surface area contributed by atoms with Crippen LogP contribution in [-0.4, -0.2) is 51.1 Å². The first-order valence-electron chi connectivity index (χ1n) is 5.49. The van der Waals surface area contributed by atoms with Crippen molar-refractivity contribution >= 4 is 40.1 Å². The SMILES string of the molecule is CCC1SC(=S)N(CCC(=O)NCCO)C1=O. The van der Waals surface area contributed by atoms with Gasteiger partial charge in [-0.2, -0.15) is 0 Å². The molecular weight excluding hydrogens is 260 g/mol. The minimum atomic E-state index is -0.181. The second kappa shape index (κ2) is 6.93. The molecule has 0 aromatic rings. The van der Waals surface area contributed by atoms with Crippen LogP contribution >= 0.6 is 24.0 Å². The Labute approximate surface area is 110 Å². The Morgan fingerprint density at radius 2 is 2.35 bits per heavy atom. The highest BCUT2D eigenvalue weighted by atomic mass is 32.2. The van der Waals surface area contributed by atoms with Crippen LogP contribution in [-0.2, 0) is 9.59 Å². The number of thioether (sulfide) groups is 1. The number of amides is 2. The number of thiocarbonyl (C=S) groups is 1. The minimum absolute atomic E-state index is 0.00235. The Balaban J connectivity index is 2.39. The molecule has 1 atom stereocenters. The van der Waals surface area contributed by atoms with Crippen molar-refractivity contribution in [2.75, 3.05) is 19.7 Å². The van der Waals surface area contributed by atoms with Crippen LogP contribution in [0.4, 0.5) is 0 Å². The van der Waals surface area contributed by atoms with Crippen molar-refractivity contribution in [3.05, 3.63) is 0 Å². The minimum Gasteiger partial charge on any atom is -0.395 e. The lowest BCUT2D eigenvalue weighted by molar-refractivity contribution is -0.127. The van der Waals surface area contributed by atoms with Crippen molar-refractivity contribution in [2.24, 2.45) is 0 Å². The predicted octanol–water partition coefficient (Wildman–Crippen LogP) is 0.124. The highest BCUT2D eigenvalue weighted by molar-refractivity contribution is 8.24. The monoisotopic (exact) mass is 276 g/mol. The van der Waals surface area contributed by atoms with Crippen molar-refractivity contribution in [3.8, 4) is 0 Å². The molecule has 0 saturated carbocycles. The normalized spacial score (nSPS) is 19.9. The van der Waals surface area contributed by atoms with Crippen molar-refractivity contribution in [1.29, 1.82) is 0 Å². The van der Waals surface area contributed by atoms with E-state index < -0.39 is 0 Å². The zero-order valence-electron chi connectivity index (χ0n) is 9.64. The number of aliphatic hydroxyl groups is 1. The molecule has 2 N–H and O–H groups in total. The van der Waals surface area contributed by atoms with E-state index in [2.05, 4.69) is 5.32 Å². The van der Waals surface area contributed by atoms with E-state index in [4.69, 9.17) is 17.3 Å². The van der Waals surface area contributed by atoms with Crippen molar-refractivity contribution in [2.45, 2.75) is 25.0 Å². The fourth-order valence-corrected chi connectivity index (χ4v) is 2.93. The maximum absolute atomic E-state index is 11.8. The second-order valence-electron chi connectivity index (χ2n) is 3.59. The number of rotatable bonds is 6. The third-order valence-corrected chi connectivity index (χ3v) is 4.12. The second-order valence-corrected chi connectivity index (χ2v) is 5.43. The summed E-state index contributed by atoms with van der Waals surface area (Å²) in [7, 11) is 0. The molecule has 1 rings (SSSR count). The molecule has 0 aliphatic carbocycles. The van der Waals surface area contributed by atoms with E-state index in [9.17, 15) is 9.59 Å². The van der Waals surface area contributed by atoms with Gasteiger partial charge in [0.2, 0.25) is 11.8 Å². The van der Waals surface area contributed by atoms with Gasteiger partial charge in [0, 0.05) is 19.5 Å². The maximum Gasteiger partial charge on any atom is 0.241 e. The third-order valence-electron chi connectivity index (χ3n) is 2.37. The van der Waals surface area contributed by atoms with Gasteiger partial charge in [-0.05, 0) is 6.42 Å². The average molecular weight is 276 g/mol. The van der Waals surface area contributed by atoms with Crippen LogP contribution in [0.1, 0.15) is 19.8 Å². The molecular formula is C10H16N2O3S2. The van der Waals surface area contributed by atoms with Gasteiger partial charge in [-0.25, -0.2) is 0 Å². The molecule has 0 bridgehead atoms. The number of hydrogen-bond donors (Lipinski definition) is 2. The van der Waals surface area contributed by atoms with Gasteiger partial charge in [0.25, 0.3) is 0 Å². The molecule has 1 saturated heterocycles. The van der Waals surface area contributed by atoms with Crippen molar-refractivity contribution in [3.63, 3.8) is 0 Å². The van der Waals surface area contributed by atoms with Gasteiger partial charge in [0.15, 0.2) is 0 Å². The molecule has 2 amide bonds. The number of carbonyl (C=O) groups is 2. The van der Waals surface area contributed by atoms with Gasteiger partial charge in [-0.15, -0.1) is 0 Å². The first kappa shape index (κ1) is 14.4. The zero-order valence-corrected chi connectivity index (χ0v) is 11.3. The largest absolute Gasteiger partial charge is 0.395 e. The molecule has 1 fully saturated rings. The first-order chi connectivity index (χ1) is 8.10. The summed E-state index contributed by atoms with van der Waals surface area (Å²) in [6.45, 7) is 2.41. The molecule has 0 spiro atoms. The van der Waals surface area contributed by atoms with Crippen molar-refractivity contribution < 1.29 is 14.7 Å². The lowest BCUT2D eigenvalue weighted by Crippen LogP contribution is -2.35. The summed E-state index contributed by atoms with van der Waals surface area (Å²) in [5.74, 6) is -0.183. The number of hydrogen-bond acceptors (Lipinski definition) is 5. The van der Waals surface area contributed by atoms with Gasteiger partial charge in [0.1, 0.15) is 4.32 Å². The standard InChI is InChI=1S/C10H16N2O3S2/c1-2-7-9(15)12(10(16)17-7)5-3-8(14)11-4-6-13/h7,13H,2-6H2,1H3,(H,11,14). The van der Waals surface area contributed by atoms with Crippen LogP contribution < -0.4 is 5.32 Å². The number of nitrogens with zero attached hydrogens (tertiary/aromatic N) is 1. The van der Waals surface area contributed by atoms with Gasteiger partial charge in [-0.3, -0.25) is 14.5 Å². The lowest BCUT2D eigenvalue weighted by atomic mass is 10.3. The summed E-state index contributed by atoms with van der Waals surface area (Å²) in [4.78, 5) is 24.6. The predicted molar refractivity (Wildman–Crippen MR) is 70.7 cm³/mol. The van der Waals surface area contributed by atoms with Gasteiger partial charge >= 0.3 is 0 Å². The Kier molecular flexibility index (Phi) is 5.87. The average Bonchev–Trinajstić information content (AvgIpc) is 2.59. The summed E-state index contributed by atoms with van der Waals surface area (Å²) in [5.41, 5.74) is 0. The molecule has 1 aliphatic rings. The van der Waals surface area contributed by atoms with E-state index in [1.165, 1.54) is 16.7 Å². The Morgan fingerprint density at radius 1 is 1.65 bits per heavy atom. The molecule has 0 aromatic heterocycles. The molecule has 1 unspecified atom stereocenters. The Bertz CT molecular complexity index is 323. The molecule has 0 aromatic carbocycles. The van der Waals surface area contributed by atoms with E-state index in [0.717, 1.165) is 6.42 Å². The quantitative estimate of drug-likeness (QED) is 0.675. The maximum atomic E-state index is 11.8. The summed E-state index contributed by atoms with van der Waals surface area (Å²) in [6, 6.07) is 0. The number of carbonyl (C=O) groups excluding carboxylic acids is 2. The molecule has 17 heavy (non-hydrogen) atoms. The Hall–Kier alpha value is -0.660. The molecule has 5 nitrogen and oxygen atoms in total. The number of aliphatic hydroxyl groups excluding tert-OH is 1. The van der Waals surface area contributed by atoms with E-state index in [1.54, 1.807) is 0 Å². The summed E-state index contributed by atoms with van der Waals surface area (Å²) >= 11 is 6.48. The van der Waals surface area contributed by atoms with Crippen LogP contribution in [0.3, 0.4) is 0 Å². The summed E-state index contributed by atoms with van der Waals surface area (Å²) in [5, 5.41) is 11.0. The third kappa shape index (κ3) is 3.93. The highest BCUT2D eigenvalue weighted by Gasteiger charge is 2.35. The highest BCUT2D eigenvalue weighted by Crippen LogP contribution is 2.29. The smallest absolute Gasteiger partial charge is 0.241 e. The van der Waals surface area contributed by atoms with E-state index in [1.807, 2.05) is 6.92 Å². The van der Waals surface area contributed by atoms with Crippen LogP contribution in [0.25, 0.3) is 0 Å². The van der Waals surface area contributed by atoms with E-state index in [-0.39, 0.29) is 36.6 Å². The number of nitrogens with one attached hydrogen (secondary N) is 1. The van der Waals surface area contributed by atoms with Crippen molar-refractivity contribution in [1.82, 2.24) is 10.2 Å². The zero-order chi connectivity index (χ0) is 12.8. The fourth-order valence-electron chi connectivity index (χ4n) is 1.46. The van der Waals surface area contributed by atoms with Crippen LogP contribution in [0.5, 0.6) is 0 Å². The molecule has 1 heterocycles. The fraction of sp³-hybridized carbons (Fsp3) is 0.700. The summed E-state index contributed by atoms with van der Waals surface area (Å²) in [6.07, 6.45) is 0.958. The molecule has 7 heteroatoms. The van der Waals surface area contributed by atoms with Crippen LogP contribution in [0.15, 0.2) is 0 Å². The van der Waals surface area contributed by atoms with Gasteiger partial charge in [-0.1, -0.05) is 30.9 Å². The molecule has 96 valence electrons. The van der Waals surface area contributed by atoms with Gasteiger partial charge in [0.05, 0.1) is 11.9 Å². The first-order valence-corrected chi connectivity index (χ1v) is 6.78. The lowest BCUT2D eigenvalue weighted by Gasteiger charge is -2.14. The van der Waals surface area contributed by atoms with E-state index in [0.29, 0.717) is 10.9 Å². The topological polar surface area (TPSA) is 69.6 Å². The van der Waals surface area contributed by atoms with E-state index >= 15 is 0 Å². The van der Waals surface area contributed by atoms with Crippen LogP contribution in [0.2, 0.25) is 0 Å².